The van der Waals surface area contributed by atoms with E-state index in [0.717, 1.165) is 0 Å². The zero-order chi connectivity index (χ0) is 13.3. The fraction of sp³-hybridized carbons (Fsp3) is 0.0833. The van der Waals surface area contributed by atoms with Gasteiger partial charge in [0, 0.05) is 17.8 Å². The maximum absolute atomic E-state index is 13.5. The van der Waals surface area contributed by atoms with E-state index in [1.807, 2.05) is 0 Å². The van der Waals surface area contributed by atoms with E-state index in [9.17, 15) is 17.6 Å². The van der Waals surface area contributed by atoms with Gasteiger partial charge in [0.05, 0.1) is 12.8 Å². The summed E-state index contributed by atoms with van der Waals surface area (Å²) in [5, 5.41) is 0. The first-order chi connectivity index (χ1) is 8.54. The van der Waals surface area contributed by atoms with Gasteiger partial charge in [0.1, 0.15) is 5.75 Å². The molecule has 18 heavy (non-hydrogen) atoms. The lowest BCUT2D eigenvalue weighted by atomic mass is 10.1. The van der Waals surface area contributed by atoms with Crippen LogP contribution in [0.4, 0.5) is 17.6 Å². The van der Waals surface area contributed by atoms with Gasteiger partial charge in [-0.05, 0) is 12.1 Å². The van der Waals surface area contributed by atoms with Crippen LogP contribution < -0.4 is 4.74 Å². The van der Waals surface area contributed by atoms with E-state index in [2.05, 4.69) is 4.98 Å². The standard InChI is InChI=1S/C12H7F4NO/c1-18-6-2-3-17-9(4-6)7-5-8(13)11(15)12(16)10(7)14/h2-5H,1H3. The highest BCUT2D eigenvalue weighted by atomic mass is 19.2. The molecule has 0 aliphatic rings. The SMILES string of the molecule is COc1ccnc(-c2cc(F)c(F)c(F)c2F)c1. The second-order valence-corrected chi connectivity index (χ2v) is 3.43. The molecular formula is C12H7F4NO. The van der Waals surface area contributed by atoms with E-state index in [1.54, 1.807) is 0 Å². The largest absolute Gasteiger partial charge is 0.497 e. The maximum atomic E-state index is 13.5. The van der Waals surface area contributed by atoms with Crippen molar-refractivity contribution < 1.29 is 22.3 Å². The number of hydrogen-bond donors (Lipinski definition) is 0. The van der Waals surface area contributed by atoms with Gasteiger partial charge in [-0.25, -0.2) is 17.6 Å². The molecule has 0 saturated carbocycles. The highest BCUT2D eigenvalue weighted by Crippen LogP contribution is 2.28. The van der Waals surface area contributed by atoms with Crippen LogP contribution in [0.5, 0.6) is 5.75 Å². The predicted molar refractivity (Wildman–Crippen MR) is 56.1 cm³/mol. The molecule has 0 spiro atoms. The summed E-state index contributed by atoms with van der Waals surface area (Å²) in [7, 11) is 1.38. The minimum atomic E-state index is -1.87. The second kappa shape index (κ2) is 4.64. The normalized spacial score (nSPS) is 10.5. The van der Waals surface area contributed by atoms with Crippen LogP contribution in [0.1, 0.15) is 0 Å². The molecule has 0 saturated heterocycles. The van der Waals surface area contributed by atoms with Gasteiger partial charge >= 0.3 is 0 Å². The van der Waals surface area contributed by atoms with Crippen LogP contribution in [0.2, 0.25) is 0 Å². The molecule has 2 aromatic rings. The van der Waals surface area contributed by atoms with Gasteiger partial charge in [-0.15, -0.1) is 0 Å². The lowest BCUT2D eigenvalue weighted by molar-refractivity contribution is 0.409. The summed E-state index contributed by atoms with van der Waals surface area (Å²) in [5.74, 6) is -6.35. The molecule has 94 valence electrons. The fourth-order valence-electron chi connectivity index (χ4n) is 1.44. The van der Waals surface area contributed by atoms with E-state index < -0.39 is 28.8 Å². The van der Waals surface area contributed by atoms with Gasteiger partial charge in [0.25, 0.3) is 0 Å². The topological polar surface area (TPSA) is 22.1 Å². The number of hydrogen-bond acceptors (Lipinski definition) is 2. The zero-order valence-electron chi connectivity index (χ0n) is 9.18. The Kier molecular flexibility index (Phi) is 3.18. The van der Waals surface area contributed by atoms with Crippen LogP contribution in [-0.2, 0) is 0 Å². The summed E-state index contributed by atoms with van der Waals surface area (Å²) >= 11 is 0. The first-order valence-electron chi connectivity index (χ1n) is 4.88. The molecule has 0 radical (unpaired) electrons. The highest BCUT2D eigenvalue weighted by Gasteiger charge is 2.20. The third-order valence-corrected chi connectivity index (χ3v) is 2.35. The number of rotatable bonds is 2. The molecule has 0 aliphatic carbocycles. The Hall–Kier alpha value is -2.11. The first kappa shape index (κ1) is 12.3. The van der Waals surface area contributed by atoms with Crippen molar-refractivity contribution in [3.63, 3.8) is 0 Å². The summed E-state index contributed by atoms with van der Waals surface area (Å²) in [6.07, 6.45) is 1.28. The number of halogens is 4. The van der Waals surface area contributed by atoms with E-state index in [-0.39, 0.29) is 5.69 Å². The maximum Gasteiger partial charge on any atom is 0.198 e. The third-order valence-electron chi connectivity index (χ3n) is 2.35. The molecule has 0 bridgehead atoms. The lowest BCUT2D eigenvalue weighted by Crippen LogP contribution is -1.99. The van der Waals surface area contributed by atoms with Crippen LogP contribution in [0.15, 0.2) is 24.4 Å². The van der Waals surface area contributed by atoms with Gasteiger partial charge in [-0.3, -0.25) is 4.98 Å². The van der Waals surface area contributed by atoms with E-state index in [4.69, 9.17) is 4.74 Å². The molecule has 1 aromatic heterocycles. The second-order valence-electron chi connectivity index (χ2n) is 3.43. The Morgan fingerprint density at radius 2 is 1.72 bits per heavy atom. The van der Waals surface area contributed by atoms with Crippen molar-refractivity contribution in [3.05, 3.63) is 47.7 Å². The summed E-state index contributed by atoms with van der Waals surface area (Å²) in [5.41, 5.74) is -0.519. The summed E-state index contributed by atoms with van der Waals surface area (Å²) in [4.78, 5) is 3.75. The Bertz CT molecular complexity index is 601. The zero-order valence-corrected chi connectivity index (χ0v) is 9.18. The van der Waals surface area contributed by atoms with Crippen molar-refractivity contribution in [1.29, 1.82) is 0 Å². The minimum absolute atomic E-state index is 0.0512. The molecule has 0 atom stereocenters. The number of ether oxygens (including phenoxy) is 1. The Morgan fingerprint density at radius 1 is 1.00 bits per heavy atom. The molecule has 2 rings (SSSR count). The third kappa shape index (κ3) is 2.01. The van der Waals surface area contributed by atoms with Gasteiger partial charge in [-0.1, -0.05) is 0 Å². The smallest absolute Gasteiger partial charge is 0.198 e. The van der Waals surface area contributed by atoms with Crippen molar-refractivity contribution in [2.45, 2.75) is 0 Å². The van der Waals surface area contributed by atoms with Crippen molar-refractivity contribution >= 4 is 0 Å². The summed E-state index contributed by atoms with van der Waals surface area (Å²) in [6, 6.07) is 3.32. The number of methoxy groups -OCH3 is 1. The quantitative estimate of drug-likeness (QED) is 0.468. The molecular weight excluding hydrogens is 250 g/mol. The highest BCUT2D eigenvalue weighted by molar-refractivity contribution is 5.61. The average Bonchev–Trinajstić information content (AvgIpc) is 2.40. The molecule has 0 fully saturated rings. The van der Waals surface area contributed by atoms with E-state index in [1.165, 1.54) is 25.4 Å². The van der Waals surface area contributed by atoms with Gasteiger partial charge in [0.2, 0.25) is 0 Å². The van der Waals surface area contributed by atoms with Gasteiger partial charge in [-0.2, -0.15) is 0 Å². The molecule has 0 amide bonds. The summed E-state index contributed by atoms with van der Waals surface area (Å²) in [6.45, 7) is 0. The van der Waals surface area contributed by atoms with Gasteiger partial charge < -0.3 is 4.74 Å². The number of nitrogens with zero attached hydrogens (tertiary/aromatic N) is 1. The van der Waals surface area contributed by atoms with Crippen LogP contribution in [-0.4, -0.2) is 12.1 Å². The Balaban J connectivity index is 2.63. The van der Waals surface area contributed by atoms with E-state index in [0.29, 0.717) is 11.8 Å². The molecule has 0 unspecified atom stereocenters. The Morgan fingerprint density at radius 3 is 2.39 bits per heavy atom. The fourth-order valence-corrected chi connectivity index (χ4v) is 1.44. The van der Waals surface area contributed by atoms with Crippen LogP contribution in [0, 0.1) is 23.3 Å². The molecule has 0 aliphatic heterocycles. The average molecular weight is 257 g/mol. The first-order valence-corrected chi connectivity index (χ1v) is 4.88. The minimum Gasteiger partial charge on any atom is -0.497 e. The summed E-state index contributed by atoms with van der Waals surface area (Å²) < 4.78 is 57.3. The van der Waals surface area contributed by atoms with Crippen molar-refractivity contribution in [3.8, 4) is 17.0 Å². The molecule has 1 heterocycles. The van der Waals surface area contributed by atoms with Crippen LogP contribution in [0.3, 0.4) is 0 Å². The molecule has 2 nitrogen and oxygen atoms in total. The van der Waals surface area contributed by atoms with E-state index >= 15 is 0 Å². The molecule has 6 heteroatoms. The van der Waals surface area contributed by atoms with Crippen molar-refractivity contribution in [2.24, 2.45) is 0 Å². The Labute approximate surface area is 99.8 Å². The lowest BCUT2D eigenvalue weighted by Gasteiger charge is -2.06. The van der Waals surface area contributed by atoms with Gasteiger partial charge in [0.15, 0.2) is 23.3 Å². The van der Waals surface area contributed by atoms with Crippen molar-refractivity contribution in [2.75, 3.05) is 7.11 Å². The molecule has 1 aromatic carbocycles. The number of benzene rings is 1. The van der Waals surface area contributed by atoms with Crippen LogP contribution in [0.25, 0.3) is 11.3 Å². The number of aromatic nitrogens is 1. The van der Waals surface area contributed by atoms with Crippen LogP contribution >= 0.6 is 0 Å². The molecule has 0 N–H and O–H groups in total. The van der Waals surface area contributed by atoms with Crippen molar-refractivity contribution in [1.82, 2.24) is 4.98 Å². The monoisotopic (exact) mass is 257 g/mol. The number of pyridine rings is 1. The predicted octanol–water partition coefficient (Wildman–Crippen LogP) is 3.31.